The van der Waals surface area contributed by atoms with Crippen LogP contribution in [-0.2, 0) is 0 Å². The Bertz CT molecular complexity index is 395. The van der Waals surface area contributed by atoms with Gasteiger partial charge in [-0.2, -0.15) is 0 Å². The number of nitrogens with one attached hydrogen (secondary N) is 1. The Morgan fingerprint density at radius 2 is 2.24 bits per heavy atom. The predicted octanol–water partition coefficient (Wildman–Crippen LogP) is 3.27. The van der Waals surface area contributed by atoms with Crippen LogP contribution in [-0.4, -0.2) is 17.8 Å². The van der Waals surface area contributed by atoms with Crippen LogP contribution in [0.3, 0.4) is 0 Å². The molecule has 1 rings (SSSR count). The van der Waals surface area contributed by atoms with Gasteiger partial charge in [0.05, 0.1) is 0 Å². The van der Waals surface area contributed by atoms with Crippen LogP contribution < -0.4 is 5.32 Å². The van der Waals surface area contributed by atoms with Crippen LogP contribution in [0.4, 0.5) is 4.39 Å². The van der Waals surface area contributed by atoms with Crippen molar-refractivity contribution in [2.24, 2.45) is 0 Å². The standard InChI is InChI=1S/C13H17ClFNO/c1-3-11(6-7-14)16-13(17)10-5-4-9(2)12(15)8-10/h4-5,8,11H,3,6-7H2,1-2H3,(H,16,17). The van der Waals surface area contributed by atoms with E-state index >= 15 is 0 Å². The van der Waals surface area contributed by atoms with Crippen molar-refractivity contribution in [3.05, 3.63) is 35.1 Å². The van der Waals surface area contributed by atoms with E-state index in [-0.39, 0.29) is 17.8 Å². The molecule has 1 aromatic rings. The molecule has 17 heavy (non-hydrogen) atoms. The lowest BCUT2D eigenvalue weighted by Crippen LogP contribution is -2.34. The Morgan fingerprint density at radius 3 is 2.76 bits per heavy atom. The molecule has 0 aromatic heterocycles. The smallest absolute Gasteiger partial charge is 0.251 e. The van der Waals surface area contributed by atoms with E-state index in [1.807, 2.05) is 6.92 Å². The molecule has 4 heteroatoms. The van der Waals surface area contributed by atoms with Gasteiger partial charge in [-0.05, 0) is 37.5 Å². The third kappa shape index (κ3) is 4.00. The van der Waals surface area contributed by atoms with Crippen molar-refractivity contribution in [1.82, 2.24) is 5.32 Å². The van der Waals surface area contributed by atoms with Gasteiger partial charge in [0, 0.05) is 17.5 Å². The molecule has 1 atom stereocenters. The summed E-state index contributed by atoms with van der Waals surface area (Å²) in [5.41, 5.74) is 0.885. The van der Waals surface area contributed by atoms with Gasteiger partial charge in [-0.3, -0.25) is 4.79 Å². The predicted molar refractivity (Wildman–Crippen MR) is 68.0 cm³/mol. The summed E-state index contributed by atoms with van der Waals surface area (Å²) in [5, 5.41) is 2.84. The van der Waals surface area contributed by atoms with Gasteiger partial charge in [0.25, 0.3) is 5.91 Å². The minimum atomic E-state index is -0.358. The average Bonchev–Trinajstić information content (AvgIpc) is 2.31. The molecule has 1 unspecified atom stereocenters. The number of halogens is 2. The van der Waals surface area contributed by atoms with Crippen molar-refractivity contribution in [3.63, 3.8) is 0 Å². The van der Waals surface area contributed by atoms with Gasteiger partial charge >= 0.3 is 0 Å². The first-order valence-corrected chi connectivity index (χ1v) is 6.25. The van der Waals surface area contributed by atoms with Crippen LogP contribution in [0, 0.1) is 12.7 Å². The van der Waals surface area contributed by atoms with Gasteiger partial charge < -0.3 is 5.32 Å². The van der Waals surface area contributed by atoms with Crippen molar-refractivity contribution < 1.29 is 9.18 Å². The Balaban J connectivity index is 2.72. The number of hydrogen-bond acceptors (Lipinski definition) is 1. The van der Waals surface area contributed by atoms with Crippen LogP contribution in [0.1, 0.15) is 35.7 Å². The van der Waals surface area contributed by atoms with E-state index in [9.17, 15) is 9.18 Å². The third-order valence-electron chi connectivity index (χ3n) is 2.72. The van der Waals surface area contributed by atoms with E-state index in [0.717, 1.165) is 12.8 Å². The summed E-state index contributed by atoms with van der Waals surface area (Å²) in [6.45, 7) is 3.65. The van der Waals surface area contributed by atoms with Crippen LogP contribution in [0.25, 0.3) is 0 Å². The highest BCUT2D eigenvalue weighted by Crippen LogP contribution is 2.10. The first-order valence-electron chi connectivity index (χ1n) is 5.71. The summed E-state index contributed by atoms with van der Waals surface area (Å²) in [6.07, 6.45) is 1.53. The minimum absolute atomic E-state index is 0.0457. The molecule has 0 radical (unpaired) electrons. The molecule has 0 fully saturated rings. The van der Waals surface area contributed by atoms with E-state index in [4.69, 9.17) is 11.6 Å². The van der Waals surface area contributed by atoms with Crippen LogP contribution in [0.5, 0.6) is 0 Å². The van der Waals surface area contributed by atoms with Crippen molar-refractivity contribution in [1.29, 1.82) is 0 Å². The number of alkyl halides is 1. The number of hydrogen-bond donors (Lipinski definition) is 1. The molecule has 0 heterocycles. The SMILES string of the molecule is CCC(CCCl)NC(=O)c1ccc(C)c(F)c1. The molecule has 1 aromatic carbocycles. The number of carbonyl (C=O) groups is 1. The molecule has 0 aliphatic rings. The van der Waals surface area contributed by atoms with Crippen molar-refractivity contribution >= 4 is 17.5 Å². The molecular weight excluding hydrogens is 241 g/mol. The van der Waals surface area contributed by atoms with E-state index in [1.165, 1.54) is 6.07 Å². The summed E-state index contributed by atoms with van der Waals surface area (Å²) >= 11 is 5.64. The molecule has 0 saturated heterocycles. The third-order valence-corrected chi connectivity index (χ3v) is 2.94. The second-order valence-corrected chi connectivity index (χ2v) is 4.40. The maximum Gasteiger partial charge on any atom is 0.251 e. The average molecular weight is 258 g/mol. The normalized spacial score (nSPS) is 12.2. The zero-order chi connectivity index (χ0) is 12.8. The molecule has 1 N–H and O–H groups in total. The van der Waals surface area contributed by atoms with Gasteiger partial charge in [0.2, 0.25) is 0 Å². The van der Waals surface area contributed by atoms with Crippen molar-refractivity contribution in [3.8, 4) is 0 Å². The molecule has 0 aliphatic heterocycles. The zero-order valence-corrected chi connectivity index (χ0v) is 10.9. The minimum Gasteiger partial charge on any atom is -0.349 e. The summed E-state index contributed by atoms with van der Waals surface area (Å²) < 4.78 is 13.3. The van der Waals surface area contributed by atoms with Gasteiger partial charge in [-0.15, -0.1) is 11.6 Å². The van der Waals surface area contributed by atoms with Gasteiger partial charge in [-0.1, -0.05) is 13.0 Å². The van der Waals surface area contributed by atoms with E-state index in [1.54, 1.807) is 19.1 Å². The second-order valence-electron chi connectivity index (χ2n) is 4.02. The largest absolute Gasteiger partial charge is 0.349 e. The lowest BCUT2D eigenvalue weighted by molar-refractivity contribution is 0.0934. The lowest BCUT2D eigenvalue weighted by Gasteiger charge is -2.15. The fraction of sp³-hybridized carbons (Fsp3) is 0.462. The Morgan fingerprint density at radius 1 is 1.53 bits per heavy atom. The molecule has 0 saturated carbocycles. The highest BCUT2D eigenvalue weighted by molar-refractivity contribution is 6.17. The van der Waals surface area contributed by atoms with Crippen molar-refractivity contribution in [2.75, 3.05) is 5.88 Å². The van der Waals surface area contributed by atoms with Gasteiger partial charge in [-0.25, -0.2) is 4.39 Å². The van der Waals surface area contributed by atoms with Gasteiger partial charge in [0.15, 0.2) is 0 Å². The topological polar surface area (TPSA) is 29.1 Å². The monoisotopic (exact) mass is 257 g/mol. The van der Waals surface area contributed by atoms with Crippen LogP contribution in [0.15, 0.2) is 18.2 Å². The van der Waals surface area contributed by atoms with E-state index in [0.29, 0.717) is 17.0 Å². The Labute approximate surface area is 106 Å². The maximum absolute atomic E-state index is 13.3. The lowest BCUT2D eigenvalue weighted by atomic mass is 10.1. The Kier molecular flexibility index (Phi) is 5.42. The summed E-state index contributed by atoms with van der Waals surface area (Å²) in [6, 6.07) is 4.54. The number of rotatable bonds is 5. The van der Waals surface area contributed by atoms with Crippen LogP contribution in [0.2, 0.25) is 0 Å². The number of carbonyl (C=O) groups excluding carboxylic acids is 1. The van der Waals surface area contributed by atoms with E-state index in [2.05, 4.69) is 5.32 Å². The molecule has 0 spiro atoms. The molecule has 1 amide bonds. The summed E-state index contributed by atoms with van der Waals surface area (Å²) in [7, 11) is 0. The van der Waals surface area contributed by atoms with E-state index < -0.39 is 0 Å². The van der Waals surface area contributed by atoms with Crippen molar-refractivity contribution in [2.45, 2.75) is 32.7 Å². The molecule has 94 valence electrons. The van der Waals surface area contributed by atoms with Gasteiger partial charge in [0.1, 0.15) is 5.82 Å². The fourth-order valence-electron chi connectivity index (χ4n) is 1.51. The number of aryl methyl sites for hydroxylation is 1. The first kappa shape index (κ1) is 14.0. The Hall–Kier alpha value is -1.09. The highest BCUT2D eigenvalue weighted by Gasteiger charge is 2.12. The molecule has 0 aliphatic carbocycles. The highest BCUT2D eigenvalue weighted by atomic mass is 35.5. The zero-order valence-electron chi connectivity index (χ0n) is 10.1. The number of amides is 1. The second kappa shape index (κ2) is 6.60. The number of benzene rings is 1. The molecule has 0 bridgehead atoms. The first-order chi connectivity index (χ1) is 8.08. The van der Waals surface area contributed by atoms with Crippen LogP contribution >= 0.6 is 11.6 Å². The summed E-state index contributed by atoms with van der Waals surface area (Å²) in [5.74, 6) is -0.106. The summed E-state index contributed by atoms with van der Waals surface area (Å²) in [4.78, 5) is 11.8. The fourth-order valence-corrected chi connectivity index (χ4v) is 1.78. The molecular formula is C13H17ClFNO. The maximum atomic E-state index is 13.3. The molecule has 2 nitrogen and oxygen atoms in total. The quantitative estimate of drug-likeness (QED) is 0.806.